The lowest BCUT2D eigenvalue weighted by Gasteiger charge is -2.15. The number of benzene rings is 1. The highest BCUT2D eigenvalue weighted by Gasteiger charge is 2.25. The first-order valence-corrected chi connectivity index (χ1v) is 10.1. The molecule has 172 valence electrons. The molecule has 0 saturated carbocycles. The lowest BCUT2D eigenvalue weighted by molar-refractivity contribution is 0.142. The van der Waals surface area contributed by atoms with Gasteiger partial charge in [-0.3, -0.25) is 9.69 Å². The summed E-state index contributed by atoms with van der Waals surface area (Å²) in [6.45, 7) is 1.35. The van der Waals surface area contributed by atoms with Gasteiger partial charge in [0.2, 0.25) is 5.75 Å². The van der Waals surface area contributed by atoms with Gasteiger partial charge in [0.1, 0.15) is 0 Å². The van der Waals surface area contributed by atoms with Gasteiger partial charge in [-0.15, -0.1) is 12.4 Å². The Balaban J connectivity index is 0.00000289. The van der Waals surface area contributed by atoms with Gasteiger partial charge >= 0.3 is 6.16 Å². The van der Waals surface area contributed by atoms with Crippen molar-refractivity contribution in [2.75, 3.05) is 20.2 Å². The standard InChI is InChI=1S/C22H25N3O6.ClH/c1-24(6-7-26)11-14-8-13-9-16-12(10-17(13)25(14)2)4-3-5-15-18(16)23-21(28)20(19(15)27)31-22(29)30;/h8-10,26H,3-7,11H2,1-2H3,(H,29,30)(H2,23,27,28);1H. The summed E-state index contributed by atoms with van der Waals surface area (Å²) in [5.41, 5.74) is 4.20. The molecular formula is C22H26ClN3O6. The first-order valence-electron chi connectivity index (χ1n) is 10.1. The summed E-state index contributed by atoms with van der Waals surface area (Å²) in [7, 11) is 3.95. The van der Waals surface area contributed by atoms with E-state index in [2.05, 4.69) is 26.4 Å². The number of halogens is 1. The Kier molecular flexibility index (Phi) is 6.82. The number of ether oxygens (including phenoxy) is 1. The highest BCUT2D eigenvalue weighted by molar-refractivity contribution is 5.89. The van der Waals surface area contributed by atoms with E-state index in [-0.39, 0.29) is 19.0 Å². The lowest BCUT2D eigenvalue weighted by atomic mass is 9.99. The Morgan fingerprint density at radius 3 is 2.72 bits per heavy atom. The third-order valence-corrected chi connectivity index (χ3v) is 5.86. The maximum absolute atomic E-state index is 12.4. The molecule has 4 N–H and O–H groups in total. The van der Waals surface area contributed by atoms with Crippen LogP contribution in [0.2, 0.25) is 0 Å². The summed E-state index contributed by atoms with van der Waals surface area (Å²) in [6, 6.07) is 6.18. The molecule has 1 aromatic carbocycles. The van der Waals surface area contributed by atoms with Gasteiger partial charge in [-0.25, -0.2) is 4.79 Å². The first kappa shape index (κ1) is 23.6. The Bertz CT molecular complexity index is 1230. The summed E-state index contributed by atoms with van der Waals surface area (Å²) in [5, 5.41) is 29.6. The van der Waals surface area contributed by atoms with Gasteiger partial charge < -0.3 is 29.6 Å². The fourth-order valence-electron chi connectivity index (χ4n) is 4.32. The quantitative estimate of drug-likeness (QED) is 0.428. The van der Waals surface area contributed by atoms with Crippen molar-refractivity contribution >= 4 is 29.5 Å². The number of nitrogens with one attached hydrogen (secondary N) is 1. The molecule has 0 aliphatic heterocycles. The molecular weight excluding hydrogens is 438 g/mol. The van der Waals surface area contributed by atoms with Gasteiger partial charge in [0.25, 0.3) is 5.56 Å². The summed E-state index contributed by atoms with van der Waals surface area (Å²) in [5.74, 6) is -1.02. The molecule has 0 fully saturated rings. The number of aromatic amines is 1. The number of aliphatic hydroxyl groups excluding tert-OH is 1. The molecule has 0 unspecified atom stereocenters. The number of carbonyl (C=O) groups is 1. The summed E-state index contributed by atoms with van der Waals surface area (Å²) >= 11 is 0. The molecule has 4 rings (SSSR count). The topological polar surface area (TPSA) is 128 Å². The molecule has 0 bridgehead atoms. The van der Waals surface area contributed by atoms with E-state index in [0.29, 0.717) is 30.8 Å². The smallest absolute Gasteiger partial charge is 0.504 e. The molecule has 0 radical (unpaired) electrons. The first-order chi connectivity index (χ1) is 14.8. The van der Waals surface area contributed by atoms with E-state index in [1.54, 1.807) is 0 Å². The maximum atomic E-state index is 12.4. The minimum Gasteiger partial charge on any atom is -0.504 e. The monoisotopic (exact) mass is 463 g/mol. The molecule has 0 amide bonds. The average Bonchev–Trinajstić information content (AvgIpc) is 2.89. The van der Waals surface area contributed by atoms with Gasteiger partial charge in [-0.05, 0) is 50.1 Å². The van der Waals surface area contributed by atoms with Gasteiger partial charge in [0.15, 0.2) is 5.75 Å². The number of likely N-dealkylation sites (N-methyl/N-ethyl adjacent to an activating group) is 1. The lowest BCUT2D eigenvalue weighted by Crippen LogP contribution is -2.22. The number of aromatic nitrogens is 2. The van der Waals surface area contributed by atoms with Crippen LogP contribution in [0.5, 0.6) is 11.5 Å². The number of nitrogens with zero attached hydrogens (tertiary/aromatic N) is 2. The number of hydrogen-bond donors (Lipinski definition) is 4. The number of H-pyrrole nitrogens is 1. The molecule has 0 spiro atoms. The normalized spacial score (nSPS) is 12.8. The Morgan fingerprint density at radius 2 is 2.03 bits per heavy atom. The number of fused-ring (bicyclic) bond motifs is 4. The van der Waals surface area contributed by atoms with Crippen molar-refractivity contribution < 1.29 is 24.9 Å². The highest BCUT2D eigenvalue weighted by atomic mass is 35.5. The van der Waals surface area contributed by atoms with Crippen LogP contribution >= 0.6 is 12.4 Å². The van der Waals surface area contributed by atoms with Crippen LogP contribution in [0.4, 0.5) is 4.79 Å². The molecule has 10 heteroatoms. The third kappa shape index (κ3) is 4.19. The number of aromatic hydroxyl groups is 1. The second-order valence-corrected chi connectivity index (χ2v) is 7.93. The molecule has 0 atom stereocenters. The number of carboxylic acid groups (broad SMARTS) is 1. The van der Waals surface area contributed by atoms with Crippen LogP contribution < -0.4 is 10.3 Å². The number of pyridine rings is 1. The third-order valence-electron chi connectivity index (χ3n) is 5.86. The van der Waals surface area contributed by atoms with E-state index in [1.165, 1.54) is 0 Å². The molecule has 1 aliphatic rings. The van der Waals surface area contributed by atoms with E-state index in [0.717, 1.165) is 40.6 Å². The minimum atomic E-state index is -1.65. The largest absolute Gasteiger partial charge is 0.511 e. The number of aryl methyl sites for hydroxylation is 2. The zero-order valence-electron chi connectivity index (χ0n) is 17.8. The fraction of sp³-hybridized carbons (Fsp3) is 0.364. The van der Waals surface area contributed by atoms with Crippen LogP contribution in [0, 0.1) is 0 Å². The van der Waals surface area contributed by atoms with Crippen molar-refractivity contribution in [1.82, 2.24) is 14.5 Å². The zero-order valence-corrected chi connectivity index (χ0v) is 18.7. The van der Waals surface area contributed by atoms with Gasteiger partial charge in [-0.2, -0.15) is 0 Å². The van der Waals surface area contributed by atoms with E-state index in [9.17, 15) is 14.7 Å². The van der Waals surface area contributed by atoms with Crippen molar-refractivity contribution in [2.24, 2.45) is 7.05 Å². The van der Waals surface area contributed by atoms with E-state index >= 15 is 0 Å². The number of hydrogen-bond acceptors (Lipinski definition) is 6. The summed E-state index contributed by atoms with van der Waals surface area (Å²) in [6.07, 6.45) is 0.311. The SMILES string of the molecule is CN(CCO)Cc1cc2cc3c(cc2n1C)CCCc1c-3[nH]c(=O)c(OC(=O)O)c1O.Cl. The average molecular weight is 464 g/mol. The molecule has 2 aromatic heterocycles. The van der Waals surface area contributed by atoms with Gasteiger partial charge in [0.05, 0.1) is 12.3 Å². The van der Waals surface area contributed by atoms with Crippen molar-refractivity contribution in [2.45, 2.75) is 25.8 Å². The van der Waals surface area contributed by atoms with E-state index < -0.39 is 23.2 Å². The fourth-order valence-corrected chi connectivity index (χ4v) is 4.32. The summed E-state index contributed by atoms with van der Waals surface area (Å²) in [4.78, 5) is 28.1. The second kappa shape index (κ2) is 9.23. The molecule has 1 aliphatic carbocycles. The van der Waals surface area contributed by atoms with Crippen molar-refractivity contribution in [3.8, 4) is 22.8 Å². The molecule has 32 heavy (non-hydrogen) atoms. The molecule has 9 nitrogen and oxygen atoms in total. The second-order valence-electron chi connectivity index (χ2n) is 7.93. The Morgan fingerprint density at radius 1 is 1.28 bits per heavy atom. The van der Waals surface area contributed by atoms with E-state index in [1.807, 2.05) is 25.1 Å². The van der Waals surface area contributed by atoms with Crippen molar-refractivity contribution in [3.63, 3.8) is 0 Å². The Hall–Kier alpha value is -3.01. The molecule has 2 heterocycles. The van der Waals surface area contributed by atoms with Crippen LogP contribution in [0.25, 0.3) is 22.2 Å². The van der Waals surface area contributed by atoms with Crippen molar-refractivity contribution in [3.05, 3.63) is 45.4 Å². The maximum Gasteiger partial charge on any atom is 0.511 e. The van der Waals surface area contributed by atoms with Crippen molar-refractivity contribution in [1.29, 1.82) is 0 Å². The van der Waals surface area contributed by atoms with Crippen LogP contribution in [-0.4, -0.2) is 56.1 Å². The van der Waals surface area contributed by atoms with Crippen LogP contribution in [-0.2, 0) is 26.4 Å². The molecule has 0 saturated heterocycles. The summed E-state index contributed by atoms with van der Waals surface area (Å²) < 4.78 is 6.64. The minimum absolute atomic E-state index is 0. The zero-order chi connectivity index (χ0) is 22.3. The van der Waals surface area contributed by atoms with Gasteiger partial charge in [-0.1, -0.05) is 0 Å². The van der Waals surface area contributed by atoms with E-state index in [4.69, 9.17) is 10.2 Å². The van der Waals surface area contributed by atoms with Crippen LogP contribution in [0.15, 0.2) is 23.0 Å². The Labute approximate surface area is 190 Å². The predicted octanol–water partition coefficient (Wildman–Crippen LogP) is 2.63. The molecule has 3 aromatic rings. The number of rotatable bonds is 5. The highest BCUT2D eigenvalue weighted by Crippen LogP contribution is 2.40. The predicted molar refractivity (Wildman–Crippen MR) is 122 cm³/mol. The van der Waals surface area contributed by atoms with Crippen LogP contribution in [0.1, 0.15) is 23.2 Å². The van der Waals surface area contributed by atoms with Crippen LogP contribution in [0.3, 0.4) is 0 Å². The number of aliphatic hydroxyl groups is 1. The van der Waals surface area contributed by atoms with Gasteiger partial charge in [0, 0.05) is 47.9 Å².